The van der Waals surface area contributed by atoms with Gasteiger partial charge >= 0.3 is 5.97 Å². The number of ether oxygens (including phenoxy) is 2. The van der Waals surface area contributed by atoms with Crippen molar-refractivity contribution in [1.82, 2.24) is 0 Å². The molecule has 0 fully saturated rings. The van der Waals surface area contributed by atoms with E-state index >= 15 is 0 Å². The van der Waals surface area contributed by atoms with Gasteiger partial charge in [-0.25, -0.2) is 4.79 Å². The molecule has 26 heavy (non-hydrogen) atoms. The van der Waals surface area contributed by atoms with Gasteiger partial charge in [-0.05, 0) is 30.6 Å². The molecule has 144 valence electrons. The highest BCUT2D eigenvalue weighted by Crippen LogP contribution is 2.38. The number of rotatable bonds is 7. The fourth-order valence-corrected chi connectivity index (χ4v) is 4.35. The smallest absolute Gasteiger partial charge is 0.338 e. The molecule has 0 saturated heterocycles. The number of hydrogen-bond donors (Lipinski definition) is 0. The fourth-order valence-electron chi connectivity index (χ4n) is 2.33. The molecule has 4 nitrogen and oxygen atoms in total. The zero-order valence-corrected chi connectivity index (χ0v) is 19.6. The maximum atomic E-state index is 12.1. The monoisotopic (exact) mass is 488 g/mol. The summed E-state index contributed by atoms with van der Waals surface area (Å²) >= 11 is 2.31. The predicted octanol–water partition coefficient (Wildman–Crippen LogP) is 5.23. The second-order valence-electron chi connectivity index (χ2n) is 8.18. The normalized spacial score (nSPS) is 19.5. The molecule has 2 atom stereocenters. The predicted molar refractivity (Wildman–Crippen MR) is 115 cm³/mol. The summed E-state index contributed by atoms with van der Waals surface area (Å²) in [6.07, 6.45) is -0.392. The Morgan fingerprint density at radius 3 is 2.42 bits per heavy atom. The van der Waals surface area contributed by atoms with Crippen LogP contribution in [0.4, 0.5) is 0 Å². The first-order valence-corrected chi connectivity index (χ1v) is 13.0. The van der Waals surface area contributed by atoms with Crippen LogP contribution < -0.4 is 0 Å². The summed E-state index contributed by atoms with van der Waals surface area (Å²) in [5.41, 5.74) is 1.62. The molecule has 6 heteroatoms. The minimum absolute atomic E-state index is 0.00824. The van der Waals surface area contributed by atoms with Crippen LogP contribution in [0.5, 0.6) is 0 Å². The number of halogens is 1. The molecule has 0 aromatic heterocycles. The van der Waals surface area contributed by atoms with Crippen LogP contribution in [0.25, 0.3) is 0 Å². The number of carbonyl (C=O) groups excluding carboxylic acids is 1. The fraction of sp³-hybridized carbons (Fsp3) is 0.550. The molecule has 0 amide bonds. The summed E-state index contributed by atoms with van der Waals surface area (Å²) in [4.78, 5) is 12.1. The maximum absolute atomic E-state index is 12.1. The van der Waals surface area contributed by atoms with Crippen molar-refractivity contribution in [3.8, 4) is 0 Å². The minimum Gasteiger partial charge on any atom is -0.489 e. The van der Waals surface area contributed by atoms with E-state index in [1.54, 1.807) is 6.92 Å². The van der Waals surface area contributed by atoms with Crippen molar-refractivity contribution in [3.05, 3.63) is 47.2 Å². The zero-order valence-electron chi connectivity index (χ0n) is 16.5. The highest BCUT2D eigenvalue weighted by molar-refractivity contribution is 14.1. The molecule has 0 N–H and O–H groups in total. The molecule has 0 saturated carbocycles. The van der Waals surface area contributed by atoms with Gasteiger partial charge in [0, 0.05) is 6.61 Å². The average Bonchev–Trinajstić information content (AvgIpc) is 2.86. The number of cyclic esters (lactones) is 1. The highest BCUT2D eigenvalue weighted by atomic mass is 127. The molecule has 0 aliphatic carbocycles. The molecule has 0 unspecified atom stereocenters. The Morgan fingerprint density at radius 2 is 1.85 bits per heavy atom. The molecule has 1 aliphatic rings. The third-order valence-corrected chi connectivity index (χ3v) is 10.7. The van der Waals surface area contributed by atoms with Gasteiger partial charge in [-0.2, -0.15) is 0 Å². The molecule has 1 heterocycles. The standard InChI is InChI=1S/C20H29IO4Si/c1-14-17(23-12-15-10-8-7-9-11-15)18(25-19(14)22)16(21)13-24-26(5,6)20(2,3)4/h7-11,16,18H,12-13H2,1-6H3/t16-,18-/m1/s1. The van der Waals surface area contributed by atoms with Crippen LogP contribution in [-0.2, 0) is 25.3 Å². The number of hydrogen-bond acceptors (Lipinski definition) is 4. The lowest BCUT2D eigenvalue weighted by Gasteiger charge is -2.37. The van der Waals surface area contributed by atoms with Crippen molar-refractivity contribution in [2.75, 3.05) is 6.61 Å². The van der Waals surface area contributed by atoms with Crippen molar-refractivity contribution in [3.63, 3.8) is 0 Å². The van der Waals surface area contributed by atoms with Gasteiger partial charge in [0.25, 0.3) is 0 Å². The van der Waals surface area contributed by atoms with Crippen molar-refractivity contribution in [1.29, 1.82) is 0 Å². The second-order valence-corrected chi connectivity index (χ2v) is 14.6. The Balaban J connectivity index is 2.03. The molecular weight excluding hydrogens is 459 g/mol. The summed E-state index contributed by atoms with van der Waals surface area (Å²) < 4.78 is 17.9. The van der Waals surface area contributed by atoms with Crippen LogP contribution in [0.1, 0.15) is 33.3 Å². The van der Waals surface area contributed by atoms with E-state index in [9.17, 15) is 4.79 Å². The van der Waals surface area contributed by atoms with E-state index in [0.717, 1.165) is 5.56 Å². The lowest BCUT2D eigenvalue weighted by Crippen LogP contribution is -2.43. The van der Waals surface area contributed by atoms with Gasteiger partial charge in [0.15, 0.2) is 14.4 Å². The second kappa shape index (κ2) is 8.44. The summed E-state index contributed by atoms with van der Waals surface area (Å²) in [5.74, 6) is 0.337. The quantitative estimate of drug-likeness (QED) is 0.228. The first-order valence-electron chi connectivity index (χ1n) is 8.89. The molecule has 0 spiro atoms. The lowest BCUT2D eigenvalue weighted by atomic mass is 10.1. The molecule has 1 aromatic rings. The third-order valence-electron chi connectivity index (χ3n) is 5.14. The van der Waals surface area contributed by atoms with Crippen molar-refractivity contribution in [2.45, 2.75) is 62.5 Å². The van der Waals surface area contributed by atoms with Crippen LogP contribution in [0.2, 0.25) is 18.1 Å². The molecule has 2 rings (SSSR count). The Morgan fingerprint density at radius 1 is 1.23 bits per heavy atom. The zero-order chi connectivity index (χ0) is 19.5. The molecule has 0 bridgehead atoms. The minimum atomic E-state index is -1.85. The third kappa shape index (κ3) is 5.10. The van der Waals surface area contributed by atoms with Gasteiger partial charge in [0.1, 0.15) is 12.4 Å². The maximum Gasteiger partial charge on any atom is 0.338 e. The van der Waals surface area contributed by atoms with Gasteiger partial charge in [0.2, 0.25) is 0 Å². The number of benzene rings is 1. The summed E-state index contributed by atoms with van der Waals surface area (Å²) in [7, 11) is -1.85. The van der Waals surface area contributed by atoms with Gasteiger partial charge in [-0.3, -0.25) is 0 Å². The number of carbonyl (C=O) groups is 1. The Hall–Kier alpha value is -0.863. The van der Waals surface area contributed by atoms with Gasteiger partial charge < -0.3 is 13.9 Å². The largest absolute Gasteiger partial charge is 0.489 e. The van der Waals surface area contributed by atoms with E-state index in [0.29, 0.717) is 24.5 Å². The Bertz CT molecular complexity index is 664. The van der Waals surface area contributed by atoms with E-state index in [4.69, 9.17) is 13.9 Å². The molecule has 1 aromatic carbocycles. The highest BCUT2D eigenvalue weighted by Gasteiger charge is 2.41. The van der Waals surface area contributed by atoms with Gasteiger partial charge in [-0.1, -0.05) is 73.7 Å². The van der Waals surface area contributed by atoms with E-state index in [2.05, 4.69) is 56.5 Å². The molecule has 0 radical (unpaired) electrons. The van der Waals surface area contributed by atoms with Crippen molar-refractivity contribution < 1.29 is 18.7 Å². The van der Waals surface area contributed by atoms with Crippen molar-refractivity contribution in [2.24, 2.45) is 0 Å². The van der Waals surface area contributed by atoms with Crippen molar-refractivity contribution >= 4 is 36.9 Å². The first-order chi connectivity index (χ1) is 12.0. The SMILES string of the molecule is CC1=C(OCc2ccccc2)[C@@H]([C@H](I)CO[Si](C)(C)C(C)(C)C)OC1=O. The Kier molecular flexibility index (Phi) is 6.96. The average molecular weight is 488 g/mol. The van der Waals surface area contributed by atoms with E-state index in [1.807, 2.05) is 30.3 Å². The summed E-state index contributed by atoms with van der Waals surface area (Å²) in [6.45, 7) is 13.8. The number of esters is 1. The molecule has 1 aliphatic heterocycles. The van der Waals surface area contributed by atoms with E-state index in [-0.39, 0.29) is 14.9 Å². The lowest BCUT2D eigenvalue weighted by molar-refractivity contribution is -0.140. The van der Waals surface area contributed by atoms with Gasteiger partial charge in [-0.15, -0.1) is 0 Å². The van der Waals surface area contributed by atoms with Gasteiger partial charge in [0.05, 0.1) is 9.50 Å². The van der Waals surface area contributed by atoms with Crippen LogP contribution in [0, 0.1) is 0 Å². The van der Waals surface area contributed by atoms with E-state index < -0.39 is 14.4 Å². The van der Waals surface area contributed by atoms with Crippen LogP contribution >= 0.6 is 22.6 Å². The van der Waals surface area contributed by atoms with Crippen LogP contribution in [-0.4, -0.2) is 30.9 Å². The Labute approximate surface area is 171 Å². The summed E-state index contributed by atoms with van der Waals surface area (Å²) in [6, 6.07) is 9.93. The number of alkyl halides is 1. The van der Waals surface area contributed by atoms with E-state index in [1.165, 1.54) is 0 Å². The topological polar surface area (TPSA) is 44.8 Å². The first kappa shape index (κ1) is 21.4. The van der Waals surface area contributed by atoms with Crippen LogP contribution in [0.15, 0.2) is 41.7 Å². The summed E-state index contributed by atoms with van der Waals surface area (Å²) in [5, 5.41) is 0.147. The molecular formula is C20H29IO4Si. The van der Waals surface area contributed by atoms with Crippen LogP contribution in [0.3, 0.4) is 0 Å².